The average molecular weight is 374 g/mol. The Hall–Kier alpha value is -2.14. The molecular weight excluding hydrogens is 346 g/mol. The third-order valence-electron chi connectivity index (χ3n) is 3.88. The first kappa shape index (κ1) is 20.2. The minimum atomic E-state index is -0.109. The lowest BCUT2D eigenvalue weighted by molar-refractivity contribution is -0.119. The largest absolute Gasteiger partial charge is 0.493 e. The van der Waals surface area contributed by atoms with Gasteiger partial charge in [-0.3, -0.25) is 4.79 Å². The van der Waals surface area contributed by atoms with Gasteiger partial charge in [0, 0.05) is 4.90 Å². The molecule has 0 aliphatic rings. The number of carbonyl (C=O) groups excluding carboxylic acids is 1. The Labute approximate surface area is 160 Å². The molecule has 2 aromatic rings. The first-order valence-corrected chi connectivity index (χ1v) is 9.71. The first-order chi connectivity index (χ1) is 12.4. The lowest BCUT2D eigenvalue weighted by Crippen LogP contribution is -2.28. The molecule has 0 aliphatic carbocycles. The topological polar surface area (TPSA) is 47.6 Å². The van der Waals surface area contributed by atoms with E-state index in [0.717, 1.165) is 10.5 Å². The van der Waals surface area contributed by atoms with Gasteiger partial charge in [-0.1, -0.05) is 24.3 Å². The molecule has 0 bridgehead atoms. The molecule has 0 heterocycles. The van der Waals surface area contributed by atoms with Crippen molar-refractivity contribution in [2.45, 2.75) is 44.7 Å². The van der Waals surface area contributed by atoms with Crippen molar-refractivity contribution in [2.24, 2.45) is 0 Å². The molecule has 1 atom stereocenters. The molecule has 26 heavy (non-hydrogen) atoms. The normalized spacial score (nSPS) is 11.9. The van der Waals surface area contributed by atoms with E-state index in [9.17, 15) is 4.79 Å². The monoisotopic (exact) mass is 373 g/mol. The van der Waals surface area contributed by atoms with Crippen molar-refractivity contribution in [3.8, 4) is 11.5 Å². The third-order valence-corrected chi connectivity index (χ3v) is 5.06. The van der Waals surface area contributed by atoms with E-state index >= 15 is 0 Å². The van der Waals surface area contributed by atoms with Crippen molar-refractivity contribution in [1.82, 2.24) is 5.32 Å². The molecule has 0 fully saturated rings. The standard InChI is InChI=1S/C21H27NO3S/c1-14(2)25-18-11-10-17(12-19(18)24-5)16(4)22-21(23)13-26-20-9-7-6-8-15(20)3/h6-12,14,16H,13H2,1-5H3,(H,22,23). The van der Waals surface area contributed by atoms with Gasteiger partial charge in [0.05, 0.1) is 25.0 Å². The first-order valence-electron chi connectivity index (χ1n) is 8.73. The molecule has 0 aliphatic heterocycles. The van der Waals surface area contributed by atoms with Crippen molar-refractivity contribution in [1.29, 1.82) is 0 Å². The summed E-state index contributed by atoms with van der Waals surface area (Å²) in [6.45, 7) is 7.97. The molecule has 2 rings (SSSR count). The Balaban J connectivity index is 1.97. The van der Waals surface area contributed by atoms with Crippen LogP contribution in [0.4, 0.5) is 0 Å². The SMILES string of the molecule is COc1cc(C(C)NC(=O)CSc2ccccc2C)ccc1OC(C)C. The summed E-state index contributed by atoms with van der Waals surface area (Å²) >= 11 is 1.55. The Kier molecular flexibility index (Phi) is 7.39. The highest BCUT2D eigenvalue weighted by atomic mass is 32.2. The van der Waals surface area contributed by atoms with Gasteiger partial charge in [0.2, 0.25) is 5.91 Å². The van der Waals surface area contributed by atoms with Crippen LogP contribution in [-0.2, 0) is 4.79 Å². The third kappa shape index (κ3) is 5.70. The Morgan fingerprint density at radius 3 is 2.50 bits per heavy atom. The van der Waals surface area contributed by atoms with E-state index in [4.69, 9.17) is 9.47 Å². The molecular formula is C21H27NO3S. The predicted molar refractivity (Wildman–Crippen MR) is 107 cm³/mol. The molecule has 0 saturated heterocycles. The second kappa shape index (κ2) is 9.53. The van der Waals surface area contributed by atoms with E-state index in [1.807, 2.05) is 57.2 Å². The molecule has 0 saturated carbocycles. The van der Waals surface area contributed by atoms with E-state index in [-0.39, 0.29) is 18.1 Å². The fraction of sp³-hybridized carbons (Fsp3) is 0.381. The van der Waals surface area contributed by atoms with Gasteiger partial charge in [0.15, 0.2) is 11.5 Å². The second-order valence-electron chi connectivity index (χ2n) is 6.42. The molecule has 0 spiro atoms. The summed E-state index contributed by atoms with van der Waals surface area (Å²) in [6.07, 6.45) is 0.0744. The number of carbonyl (C=O) groups is 1. The van der Waals surface area contributed by atoms with Crippen molar-refractivity contribution in [3.05, 3.63) is 53.6 Å². The summed E-state index contributed by atoms with van der Waals surface area (Å²) in [5.74, 6) is 1.78. The molecule has 5 heteroatoms. The van der Waals surface area contributed by atoms with Crippen LogP contribution >= 0.6 is 11.8 Å². The number of hydrogen-bond donors (Lipinski definition) is 1. The van der Waals surface area contributed by atoms with Crippen molar-refractivity contribution >= 4 is 17.7 Å². The van der Waals surface area contributed by atoms with Crippen molar-refractivity contribution in [3.63, 3.8) is 0 Å². The molecule has 0 aromatic heterocycles. The zero-order valence-corrected chi connectivity index (χ0v) is 16.9. The maximum Gasteiger partial charge on any atom is 0.230 e. The number of benzene rings is 2. The number of amides is 1. The molecule has 1 unspecified atom stereocenters. The molecule has 2 aromatic carbocycles. The van der Waals surface area contributed by atoms with Gasteiger partial charge < -0.3 is 14.8 Å². The zero-order valence-electron chi connectivity index (χ0n) is 16.0. The van der Waals surface area contributed by atoms with Crippen LogP contribution in [0.2, 0.25) is 0 Å². The number of rotatable bonds is 8. The predicted octanol–water partition coefficient (Wildman–Crippen LogP) is 4.76. The summed E-state index contributed by atoms with van der Waals surface area (Å²) < 4.78 is 11.2. The highest BCUT2D eigenvalue weighted by Gasteiger charge is 2.14. The quantitative estimate of drug-likeness (QED) is 0.678. The molecule has 1 amide bonds. The van der Waals surface area contributed by atoms with E-state index in [1.54, 1.807) is 18.9 Å². The minimum Gasteiger partial charge on any atom is -0.493 e. The van der Waals surface area contributed by atoms with Crippen LogP contribution in [0.1, 0.15) is 37.9 Å². The van der Waals surface area contributed by atoms with Gasteiger partial charge in [-0.15, -0.1) is 11.8 Å². The van der Waals surface area contributed by atoms with E-state index in [1.165, 1.54) is 5.56 Å². The highest BCUT2D eigenvalue weighted by Crippen LogP contribution is 2.31. The number of nitrogens with one attached hydrogen (secondary N) is 1. The summed E-state index contributed by atoms with van der Waals surface area (Å²) in [5.41, 5.74) is 2.16. The van der Waals surface area contributed by atoms with Gasteiger partial charge in [-0.25, -0.2) is 0 Å². The molecule has 4 nitrogen and oxygen atoms in total. The van der Waals surface area contributed by atoms with Crippen LogP contribution in [0.25, 0.3) is 0 Å². The van der Waals surface area contributed by atoms with Gasteiger partial charge in [-0.05, 0) is 57.0 Å². The van der Waals surface area contributed by atoms with Gasteiger partial charge in [0.1, 0.15) is 0 Å². The summed E-state index contributed by atoms with van der Waals surface area (Å²) in [6, 6.07) is 13.7. The molecule has 140 valence electrons. The highest BCUT2D eigenvalue weighted by molar-refractivity contribution is 8.00. The number of hydrogen-bond acceptors (Lipinski definition) is 4. The summed E-state index contributed by atoms with van der Waals surface area (Å²) in [5, 5.41) is 3.04. The van der Waals surface area contributed by atoms with Crippen LogP contribution in [0.15, 0.2) is 47.4 Å². The molecule has 0 radical (unpaired) electrons. The number of aryl methyl sites for hydroxylation is 1. The second-order valence-corrected chi connectivity index (χ2v) is 7.44. The maximum atomic E-state index is 12.3. The number of methoxy groups -OCH3 is 1. The molecule has 1 N–H and O–H groups in total. The van der Waals surface area contributed by atoms with E-state index in [0.29, 0.717) is 17.3 Å². The lowest BCUT2D eigenvalue weighted by Gasteiger charge is -2.18. The van der Waals surface area contributed by atoms with Crippen molar-refractivity contribution < 1.29 is 14.3 Å². The van der Waals surface area contributed by atoms with Crippen LogP contribution < -0.4 is 14.8 Å². The smallest absolute Gasteiger partial charge is 0.230 e. The summed E-state index contributed by atoms with van der Waals surface area (Å²) in [4.78, 5) is 13.4. The fourth-order valence-electron chi connectivity index (χ4n) is 2.53. The van der Waals surface area contributed by atoms with Gasteiger partial charge >= 0.3 is 0 Å². The summed E-state index contributed by atoms with van der Waals surface area (Å²) in [7, 11) is 1.62. The Bertz CT molecular complexity index is 746. The van der Waals surface area contributed by atoms with Crippen LogP contribution in [0.3, 0.4) is 0 Å². The van der Waals surface area contributed by atoms with Crippen molar-refractivity contribution in [2.75, 3.05) is 12.9 Å². The van der Waals surface area contributed by atoms with E-state index in [2.05, 4.69) is 18.3 Å². The van der Waals surface area contributed by atoms with Gasteiger partial charge in [-0.2, -0.15) is 0 Å². The lowest BCUT2D eigenvalue weighted by atomic mass is 10.1. The maximum absolute atomic E-state index is 12.3. The van der Waals surface area contributed by atoms with Gasteiger partial charge in [0.25, 0.3) is 0 Å². The Morgan fingerprint density at radius 2 is 1.85 bits per heavy atom. The average Bonchev–Trinajstić information content (AvgIpc) is 2.60. The Morgan fingerprint density at radius 1 is 1.12 bits per heavy atom. The number of ether oxygens (including phenoxy) is 2. The number of thioether (sulfide) groups is 1. The van der Waals surface area contributed by atoms with Crippen LogP contribution in [0.5, 0.6) is 11.5 Å². The zero-order chi connectivity index (χ0) is 19.1. The van der Waals surface area contributed by atoms with Crippen LogP contribution in [-0.4, -0.2) is 24.9 Å². The van der Waals surface area contributed by atoms with E-state index < -0.39 is 0 Å². The fourth-order valence-corrected chi connectivity index (χ4v) is 3.37. The minimum absolute atomic E-state index is 0.00669. The van der Waals surface area contributed by atoms with Crippen LogP contribution in [0, 0.1) is 6.92 Å².